The lowest BCUT2D eigenvalue weighted by molar-refractivity contribution is -0.128. The normalized spacial score (nSPS) is 17.8. The highest BCUT2D eigenvalue weighted by atomic mass is 19.1. The summed E-state index contributed by atoms with van der Waals surface area (Å²) in [6.45, 7) is 14.9. The van der Waals surface area contributed by atoms with Crippen LogP contribution in [0.3, 0.4) is 0 Å². The van der Waals surface area contributed by atoms with Crippen molar-refractivity contribution in [1.29, 1.82) is 0 Å². The summed E-state index contributed by atoms with van der Waals surface area (Å²) in [6.07, 6.45) is 4.65. The van der Waals surface area contributed by atoms with Gasteiger partial charge in [-0.15, -0.1) is 0 Å². The van der Waals surface area contributed by atoms with Crippen LogP contribution in [0.2, 0.25) is 0 Å². The average Bonchev–Trinajstić information content (AvgIpc) is 3.50. The van der Waals surface area contributed by atoms with Gasteiger partial charge in [0, 0.05) is 42.8 Å². The standard InChI is InChI=1S/C34H35FN8O2/c1-7-25(44)41-15-21-13-37-30-32(42(21)14-20(41)6)22-12-23(35)28(26-18(4)8-9-24-29(26)39-16-38-24)40-33(22)43(34(30)45)31-19(5)10-11-36-27(31)17(2)3/h7-12,16-17,20-21,37H,1,13-15H2,2-6H3,(H,38,39). The van der Waals surface area contributed by atoms with Gasteiger partial charge in [-0.05, 0) is 62.1 Å². The van der Waals surface area contributed by atoms with Gasteiger partial charge in [0.1, 0.15) is 17.2 Å². The monoisotopic (exact) mass is 606 g/mol. The number of amides is 1. The quantitative estimate of drug-likeness (QED) is 0.270. The Morgan fingerprint density at radius 3 is 2.69 bits per heavy atom. The predicted molar refractivity (Wildman–Crippen MR) is 175 cm³/mol. The molecule has 5 aromatic rings. The lowest BCUT2D eigenvalue weighted by Gasteiger charge is -2.49. The molecule has 230 valence electrons. The summed E-state index contributed by atoms with van der Waals surface area (Å²) in [6, 6.07) is 6.89. The van der Waals surface area contributed by atoms with Crippen molar-refractivity contribution in [2.75, 3.05) is 29.9 Å². The molecule has 4 aromatic heterocycles. The van der Waals surface area contributed by atoms with Gasteiger partial charge in [0.15, 0.2) is 5.65 Å². The van der Waals surface area contributed by atoms with Crippen molar-refractivity contribution < 1.29 is 9.18 Å². The lowest BCUT2D eigenvalue weighted by Crippen LogP contribution is -2.62. The number of benzene rings is 1. The molecule has 0 bridgehead atoms. The van der Waals surface area contributed by atoms with Gasteiger partial charge in [-0.25, -0.2) is 14.4 Å². The molecule has 6 heterocycles. The van der Waals surface area contributed by atoms with Gasteiger partial charge >= 0.3 is 0 Å². The number of anilines is 2. The summed E-state index contributed by atoms with van der Waals surface area (Å²) < 4.78 is 18.1. The third-order valence-corrected chi connectivity index (χ3v) is 9.14. The van der Waals surface area contributed by atoms with Crippen LogP contribution >= 0.6 is 0 Å². The Balaban J connectivity index is 1.57. The number of nitrogens with one attached hydrogen (secondary N) is 2. The maximum Gasteiger partial charge on any atom is 0.282 e. The molecule has 1 saturated heterocycles. The summed E-state index contributed by atoms with van der Waals surface area (Å²) >= 11 is 0. The molecule has 45 heavy (non-hydrogen) atoms. The Kier molecular flexibility index (Phi) is 6.72. The molecular weight excluding hydrogens is 571 g/mol. The molecule has 1 amide bonds. The van der Waals surface area contributed by atoms with Crippen LogP contribution < -0.4 is 15.8 Å². The molecule has 10 nitrogen and oxygen atoms in total. The number of pyridine rings is 3. The fourth-order valence-corrected chi connectivity index (χ4v) is 6.93. The Bertz CT molecular complexity index is 2100. The molecule has 7 rings (SSSR count). The number of hydrogen-bond acceptors (Lipinski definition) is 7. The minimum atomic E-state index is -0.517. The molecule has 0 saturated carbocycles. The van der Waals surface area contributed by atoms with Crippen molar-refractivity contribution in [3.05, 3.63) is 82.4 Å². The van der Waals surface area contributed by atoms with Crippen molar-refractivity contribution in [2.45, 2.75) is 52.6 Å². The van der Waals surface area contributed by atoms with E-state index in [1.54, 1.807) is 22.0 Å². The fraction of sp³-hybridized carbons (Fsp3) is 0.324. The van der Waals surface area contributed by atoms with Crippen LogP contribution in [0.4, 0.5) is 15.8 Å². The third-order valence-electron chi connectivity index (χ3n) is 9.14. The highest BCUT2D eigenvalue weighted by Gasteiger charge is 2.40. The number of aromatic amines is 1. The van der Waals surface area contributed by atoms with E-state index >= 15 is 4.39 Å². The second kappa shape index (κ2) is 10.5. The van der Waals surface area contributed by atoms with Crippen molar-refractivity contribution in [1.82, 2.24) is 29.4 Å². The largest absolute Gasteiger partial charge is 0.377 e. The number of carbonyl (C=O) groups excluding carboxylic acids is 1. The molecule has 2 aliphatic heterocycles. The number of hydrogen-bond donors (Lipinski definition) is 2. The molecule has 11 heteroatoms. The minimum Gasteiger partial charge on any atom is -0.377 e. The van der Waals surface area contributed by atoms with Crippen LogP contribution in [0.5, 0.6) is 0 Å². The number of rotatable bonds is 4. The first-order chi connectivity index (χ1) is 21.6. The first kappa shape index (κ1) is 28.7. The van der Waals surface area contributed by atoms with E-state index in [1.807, 2.05) is 52.8 Å². The third kappa shape index (κ3) is 4.32. The second-order valence-corrected chi connectivity index (χ2v) is 12.4. The first-order valence-electron chi connectivity index (χ1n) is 15.2. The maximum atomic E-state index is 16.5. The van der Waals surface area contributed by atoms with Gasteiger partial charge < -0.3 is 20.1 Å². The van der Waals surface area contributed by atoms with E-state index in [0.717, 1.165) is 22.3 Å². The molecule has 2 N–H and O–H groups in total. The highest BCUT2D eigenvalue weighted by molar-refractivity contribution is 6.01. The van der Waals surface area contributed by atoms with Gasteiger partial charge in [-0.3, -0.25) is 19.1 Å². The van der Waals surface area contributed by atoms with E-state index in [9.17, 15) is 9.59 Å². The zero-order valence-electron chi connectivity index (χ0n) is 26.0. The SMILES string of the molecule is C=CC(=O)N1CC2CNc3c(c4cc(F)c(-c5c(C)ccc6[nH]cnc56)nc4n(-c4c(C)ccnc4C(C)C)c3=O)N2CC1C. The smallest absolute Gasteiger partial charge is 0.282 e. The van der Waals surface area contributed by atoms with Crippen molar-refractivity contribution >= 4 is 39.3 Å². The number of fused-ring (bicyclic) bond motifs is 6. The summed E-state index contributed by atoms with van der Waals surface area (Å²) in [5.41, 5.74) is 6.13. The van der Waals surface area contributed by atoms with E-state index in [4.69, 9.17) is 4.98 Å². The summed E-state index contributed by atoms with van der Waals surface area (Å²) in [5.74, 6) is -0.649. The molecule has 1 fully saturated rings. The lowest BCUT2D eigenvalue weighted by atomic mass is 9.98. The number of nitrogens with zero attached hydrogens (tertiary/aromatic N) is 6. The summed E-state index contributed by atoms with van der Waals surface area (Å²) in [5, 5.41) is 3.87. The van der Waals surface area contributed by atoms with Gasteiger partial charge in [0.25, 0.3) is 5.56 Å². The Hall–Kier alpha value is -5.06. The first-order valence-corrected chi connectivity index (χ1v) is 15.2. The average molecular weight is 607 g/mol. The number of aromatic nitrogens is 5. The fourth-order valence-electron chi connectivity index (χ4n) is 6.93. The number of imidazole rings is 1. The minimum absolute atomic E-state index is 0.00603. The summed E-state index contributed by atoms with van der Waals surface area (Å²) in [4.78, 5) is 48.6. The van der Waals surface area contributed by atoms with Gasteiger partial charge in [-0.1, -0.05) is 26.5 Å². The zero-order valence-corrected chi connectivity index (χ0v) is 26.0. The van der Waals surface area contributed by atoms with E-state index in [2.05, 4.69) is 31.7 Å². The van der Waals surface area contributed by atoms with Crippen molar-refractivity contribution in [2.24, 2.45) is 0 Å². The highest BCUT2D eigenvalue weighted by Crippen LogP contribution is 2.41. The molecule has 0 spiro atoms. The van der Waals surface area contributed by atoms with Gasteiger partial charge in [0.2, 0.25) is 5.91 Å². The van der Waals surface area contributed by atoms with Gasteiger partial charge in [0.05, 0.1) is 40.5 Å². The van der Waals surface area contributed by atoms with Crippen molar-refractivity contribution in [3.63, 3.8) is 0 Å². The number of H-pyrrole nitrogens is 1. The molecule has 0 aliphatic carbocycles. The summed E-state index contributed by atoms with van der Waals surface area (Å²) in [7, 11) is 0. The van der Waals surface area contributed by atoms with Gasteiger partial charge in [-0.2, -0.15) is 0 Å². The van der Waals surface area contributed by atoms with E-state index in [0.29, 0.717) is 58.8 Å². The molecule has 2 unspecified atom stereocenters. The van der Waals surface area contributed by atoms with Crippen LogP contribution in [-0.2, 0) is 4.79 Å². The van der Waals surface area contributed by atoms with Crippen LogP contribution in [0, 0.1) is 19.7 Å². The van der Waals surface area contributed by atoms with Crippen molar-refractivity contribution in [3.8, 4) is 16.9 Å². The van der Waals surface area contributed by atoms with Crippen LogP contribution in [0.25, 0.3) is 39.0 Å². The Morgan fingerprint density at radius 1 is 1.13 bits per heavy atom. The molecule has 0 radical (unpaired) electrons. The van der Waals surface area contributed by atoms with E-state index in [-0.39, 0.29) is 35.2 Å². The topological polar surface area (TPSA) is 112 Å². The number of carbonyl (C=O) groups is 1. The zero-order chi connectivity index (χ0) is 31.7. The van der Waals surface area contributed by atoms with Crippen LogP contribution in [-0.4, -0.2) is 67.0 Å². The van der Waals surface area contributed by atoms with Crippen LogP contribution in [0.1, 0.15) is 43.5 Å². The predicted octanol–water partition coefficient (Wildman–Crippen LogP) is 5.22. The molecule has 2 atom stereocenters. The van der Waals surface area contributed by atoms with E-state index in [1.165, 1.54) is 12.1 Å². The number of halogens is 1. The second-order valence-electron chi connectivity index (χ2n) is 12.4. The maximum absolute atomic E-state index is 16.5. The molecular formula is C34H35FN8O2. The Morgan fingerprint density at radius 2 is 1.93 bits per heavy atom. The number of aryl methyl sites for hydroxylation is 2. The van der Waals surface area contributed by atoms with E-state index < -0.39 is 5.82 Å². The number of piperazine rings is 1. The molecule has 1 aromatic carbocycles. The Labute approximate surface area is 259 Å². The molecule has 2 aliphatic rings. The van der Waals surface area contributed by atoms with Crippen LogP contribution in [0.15, 0.2) is 54.2 Å².